The number of hydrogen-bond donors (Lipinski definition) is 2. The molecule has 0 radical (unpaired) electrons. The minimum atomic E-state index is -0.244. The van der Waals surface area contributed by atoms with Gasteiger partial charge in [-0.3, -0.25) is 4.79 Å². The minimum absolute atomic E-state index is 0.0323. The van der Waals surface area contributed by atoms with Crippen molar-refractivity contribution in [2.75, 3.05) is 0 Å². The summed E-state index contributed by atoms with van der Waals surface area (Å²) in [6, 6.07) is 5.34. The lowest BCUT2D eigenvalue weighted by Crippen LogP contribution is -2.07. The Kier molecular flexibility index (Phi) is 2.17. The predicted molar refractivity (Wildman–Crippen MR) is 74.3 cm³/mol. The molecular weight excluding hydrogens is 240 g/mol. The van der Waals surface area contributed by atoms with Crippen LogP contribution >= 0.6 is 0 Å². The number of hydrogen-bond acceptors (Lipinski definition) is 2. The summed E-state index contributed by atoms with van der Waals surface area (Å²) in [6.45, 7) is 8.52. The van der Waals surface area contributed by atoms with Gasteiger partial charge in [-0.05, 0) is 29.0 Å². The highest BCUT2D eigenvalue weighted by atomic mass is 16.1. The van der Waals surface area contributed by atoms with E-state index in [-0.39, 0.29) is 28.2 Å². The van der Waals surface area contributed by atoms with E-state index in [1.165, 1.54) is 0 Å². The van der Waals surface area contributed by atoms with E-state index < -0.39 is 0 Å². The van der Waals surface area contributed by atoms with Crippen LogP contribution in [0.25, 0.3) is 11.0 Å². The molecule has 1 saturated carbocycles. The van der Waals surface area contributed by atoms with Gasteiger partial charge in [0, 0.05) is 11.5 Å². The molecule has 1 aromatic heterocycles. The molecule has 100 valence electrons. The van der Waals surface area contributed by atoms with Crippen LogP contribution < -0.4 is 5.69 Å². The van der Waals surface area contributed by atoms with E-state index in [4.69, 9.17) is 0 Å². The molecule has 19 heavy (non-hydrogen) atoms. The second-order valence-electron chi connectivity index (χ2n) is 6.58. The third-order valence-electron chi connectivity index (χ3n) is 5.08. The molecule has 4 nitrogen and oxygen atoms in total. The van der Waals surface area contributed by atoms with E-state index in [1.807, 2.05) is 0 Å². The van der Waals surface area contributed by atoms with Crippen molar-refractivity contribution in [2.45, 2.75) is 27.7 Å². The molecule has 2 N–H and O–H groups in total. The second kappa shape index (κ2) is 3.38. The first kappa shape index (κ1) is 12.2. The van der Waals surface area contributed by atoms with Crippen molar-refractivity contribution in [3.8, 4) is 0 Å². The molecule has 0 spiro atoms. The molecule has 1 aliphatic carbocycles. The average molecular weight is 258 g/mol. The maximum atomic E-state index is 12.6. The fourth-order valence-corrected chi connectivity index (χ4v) is 3.20. The van der Waals surface area contributed by atoms with Crippen molar-refractivity contribution < 1.29 is 4.79 Å². The lowest BCUT2D eigenvalue weighted by atomic mass is 10.0. The van der Waals surface area contributed by atoms with Crippen LogP contribution in [0.5, 0.6) is 0 Å². The van der Waals surface area contributed by atoms with Crippen LogP contribution in [0.3, 0.4) is 0 Å². The Morgan fingerprint density at radius 3 is 2.21 bits per heavy atom. The standard InChI is InChI=1S/C15H18N2O2/c1-14(2)12(15(14,3)4)11(18)8-5-6-9-10(7-8)17-13(19)16-9/h5-7,12H,1-4H3,(H2,16,17,19). The second-order valence-corrected chi connectivity index (χ2v) is 6.58. The molecule has 4 heteroatoms. The van der Waals surface area contributed by atoms with Crippen molar-refractivity contribution in [2.24, 2.45) is 16.7 Å². The first-order chi connectivity index (χ1) is 8.75. The van der Waals surface area contributed by atoms with E-state index in [0.29, 0.717) is 11.1 Å². The maximum absolute atomic E-state index is 12.6. The van der Waals surface area contributed by atoms with Gasteiger partial charge >= 0.3 is 5.69 Å². The zero-order valence-electron chi connectivity index (χ0n) is 11.6. The minimum Gasteiger partial charge on any atom is -0.306 e. The summed E-state index contributed by atoms with van der Waals surface area (Å²) < 4.78 is 0. The van der Waals surface area contributed by atoms with Gasteiger partial charge in [0.1, 0.15) is 0 Å². The third-order valence-corrected chi connectivity index (χ3v) is 5.08. The Hall–Kier alpha value is -1.84. The van der Waals surface area contributed by atoms with E-state index >= 15 is 0 Å². The molecule has 2 aromatic rings. The highest BCUT2D eigenvalue weighted by molar-refractivity contribution is 6.03. The monoisotopic (exact) mass is 258 g/mol. The van der Waals surface area contributed by atoms with E-state index in [0.717, 1.165) is 5.52 Å². The van der Waals surface area contributed by atoms with Gasteiger partial charge in [0.2, 0.25) is 0 Å². The predicted octanol–water partition coefficient (Wildman–Crippen LogP) is 2.72. The van der Waals surface area contributed by atoms with Gasteiger partial charge in [0.15, 0.2) is 5.78 Å². The molecule has 0 bridgehead atoms. The average Bonchev–Trinajstić information content (AvgIpc) is 2.58. The van der Waals surface area contributed by atoms with Crippen LogP contribution in [0, 0.1) is 16.7 Å². The maximum Gasteiger partial charge on any atom is 0.323 e. The van der Waals surface area contributed by atoms with Gasteiger partial charge in [0.25, 0.3) is 0 Å². The number of carbonyl (C=O) groups is 1. The summed E-state index contributed by atoms with van der Waals surface area (Å²) >= 11 is 0. The summed E-state index contributed by atoms with van der Waals surface area (Å²) in [5, 5.41) is 0. The molecule has 0 aliphatic heterocycles. The molecule has 0 unspecified atom stereocenters. The molecule has 0 atom stereocenters. The van der Waals surface area contributed by atoms with Crippen molar-refractivity contribution in [1.29, 1.82) is 0 Å². The van der Waals surface area contributed by atoms with Gasteiger partial charge in [0.05, 0.1) is 11.0 Å². The number of ketones is 1. The van der Waals surface area contributed by atoms with Gasteiger partial charge in [-0.15, -0.1) is 0 Å². The molecule has 0 saturated heterocycles. The molecule has 1 fully saturated rings. The summed E-state index contributed by atoms with van der Waals surface area (Å²) in [5.74, 6) is 0.210. The zero-order valence-corrected chi connectivity index (χ0v) is 11.6. The number of carbonyl (C=O) groups excluding carboxylic acids is 1. The first-order valence-electron chi connectivity index (χ1n) is 6.51. The molecule has 1 aliphatic rings. The highest BCUT2D eigenvalue weighted by Crippen LogP contribution is 2.69. The van der Waals surface area contributed by atoms with Gasteiger partial charge in [-0.1, -0.05) is 27.7 Å². The number of H-pyrrole nitrogens is 2. The van der Waals surface area contributed by atoms with E-state index in [9.17, 15) is 9.59 Å². The Morgan fingerprint density at radius 2 is 1.63 bits per heavy atom. The number of benzene rings is 1. The quantitative estimate of drug-likeness (QED) is 0.813. The Bertz CT molecular complexity index is 720. The van der Waals surface area contributed by atoms with Crippen LogP contribution in [0.1, 0.15) is 38.1 Å². The number of imidazole rings is 1. The molecule has 0 amide bonds. The zero-order chi connectivity index (χ0) is 14.0. The van der Waals surface area contributed by atoms with Crippen LogP contribution in [-0.2, 0) is 0 Å². The van der Waals surface area contributed by atoms with Crippen LogP contribution in [0.4, 0.5) is 0 Å². The van der Waals surface area contributed by atoms with Gasteiger partial charge < -0.3 is 9.97 Å². The molecule has 1 aromatic carbocycles. The smallest absolute Gasteiger partial charge is 0.306 e. The number of nitrogens with one attached hydrogen (secondary N) is 2. The Labute approximate surface area is 111 Å². The number of fused-ring (bicyclic) bond motifs is 1. The van der Waals surface area contributed by atoms with Crippen LogP contribution in [0.2, 0.25) is 0 Å². The number of rotatable bonds is 2. The summed E-state index contributed by atoms with van der Waals surface area (Å²) in [7, 11) is 0. The van der Waals surface area contributed by atoms with Gasteiger partial charge in [-0.25, -0.2) is 4.79 Å². The fraction of sp³-hybridized carbons (Fsp3) is 0.467. The van der Waals surface area contributed by atoms with Gasteiger partial charge in [-0.2, -0.15) is 0 Å². The van der Waals surface area contributed by atoms with Crippen LogP contribution in [0.15, 0.2) is 23.0 Å². The number of aromatic amines is 2. The molecule has 3 rings (SSSR count). The Morgan fingerprint density at radius 1 is 1.05 bits per heavy atom. The largest absolute Gasteiger partial charge is 0.323 e. The number of Topliss-reactive ketones (excluding diaryl/α,β-unsaturated/α-hetero) is 1. The lowest BCUT2D eigenvalue weighted by Gasteiger charge is -2.03. The van der Waals surface area contributed by atoms with Crippen molar-refractivity contribution >= 4 is 16.8 Å². The van der Waals surface area contributed by atoms with Crippen LogP contribution in [-0.4, -0.2) is 15.8 Å². The number of aromatic nitrogens is 2. The topological polar surface area (TPSA) is 65.7 Å². The van der Waals surface area contributed by atoms with Crippen molar-refractivity contribution in [3.05, 3.63) is 34.2 Å². The fourth-order valence-electron chi connectivity index (χ4n) is 3.20. The van der Waals surface area contributed by atoms with E-state index in [1.54, 1.807) is 18.2 Å². The molecule has 1 heterocycles. The summed E-state index contributed by atoms with van der Waals surface area (Å²) in [6.07, 6.45) is 0. The first-order valence-corrected chi connectivity index (χ1v) is 6.51. The highest BCUT2D eigenvalue weighted by Gasteiger charge is 2.67. The van der Waals surface area contributed by atoms with E-state index in [2.05, 4.69) is 37.7 Å². The molecular formula is C15H18N2O2. The summed E-state index contributed by atoms with van der Waals surface area (Å²) in [4.78, 5) is 29.2. The normalized spacial score (nSPS) is 20.6. The van der Waals surface area contributed by atoms with Crippen molar-refractivity contribution in [3.63, 3.8) is 0 Å². The summed E-state index contributed by atoms with van der Waals surface area (Å²) in [5.41, 5.74) is 1.91. The van der Waals surface area contributed by atoms with Crippen molar-refractivity contribution in [1.82, 2.24) is 9.97 Å². The Balaban J connectivity index is 2.01. The SMILES string of the molecule is CC1(C)C(C(=O)c2ccc3[nH]c(=O)[nH]c3c2)C1(C)C. The third kappa shape index (κ3) is 1.52. The lowest BCUT2D eigenvalue weighted by molar-refractivity contribution is 0.0945.